The normalized spacial score (nSPS) is 14.4. The van der Waals surface area contributed by atoms with E-state index in [4.69, 9.17) is 4.98 Å². The van der Waals surface area contributed by atoms with Gasteiger partial charge in [0.05, 0.1) is 12.1 Å². The minimum absolute atomic E-state index is 0.195. The Kier molecular flexibility index (Phi) is 3.00. The summed E-state index contributed by atoms with van der Waals surface area (Å²) in [6.07, 6.45) is 2.10. The van der Waals surface area contributed by atoms with Crippen LogP contribution in [0.5, 0.6) is 0 Å². The summed E-state index contributed by atoms with van der Waals surface area (Å²) >= 11 is 0. The lowest BCUT2D eigenvalue weighted by Gasteiger charge is -2.04. The van der Waals surface area contributed by atoms with E-state index in [-0.39, 0.29) is 11.5 Å². The largest absolute Gasteiger partial charge is 0.352 e. The quantitative estimate of drug-likeness (QED) is 0.578. The highest BCUT2D eigenvalue weighted by Crippen LogP contribution is 2.39. The van der Waals surface area contributed by atoms with E-state index < -0.39 is 0 Å². The van der Waals surface area contributed by atoms with Crippen LogP contribution < -0.4 is 5.69 Å². The van der Waals surface area contributed by atoms with Crippen LogP contribution in [0.3, 0.4) is 0 Å². The molecule has 5 nitrogen and oxygen atoms in total. The molecule has 2 aromatic heterocycles. The third-order valence-corrected chi connectivity index (χ3v) is 4.64. The molecule has 124 valence electrons. The van der Waals surface area contributed by atoms with E-state index >= 15 is 0 Å². The number of nitrogens with zero attached hydrogens (tertiary/aromatic N) is 4. The topological polar surface area (TPSA) is 52.2 Å². The molecule has 1 saturated carbocycles. The maximum atomic E-state index is 13.1. The first-order chi connectivity index (χ1) is 12.2. The molecular weight excluding hydrogens is 319 g/mol. The summed E-state index contributed by atoms with van der Waals surface area (Å²) in [5.41, 5.74) is 2.13. The van der Waals surface area contributed by atoms with E-state index in [9.17, 15) is 9.18 Å². The molecule has 0 unspecified atom stereocenters. The molecule has 1 fully saturated rings. The van der Waals surface area contributed by atoms with Crippen LogP contribution in [0, 0.1) is 5.82 Å². The van der Waals surface area contributed by atoms with Crippen molar-refractivity contribution in [2.75, 3.05) is 0 Å². The van der Waals surface area contributed by atoms with Gasteiger partial charge in [0.2, 0.25) is 0 Å². The van der Waals surface area contributed by atoms with Gasteiger partial charge >= 0.3 is 5.69 Å². The molecule has 0 atom stereocenters. The second kappa shape index (κ2) is 5.24. The fourth-order valence-electron chi connectivity index (χ4n) is 3.20. The van der Waals surface area contributed by atoms with E-state index in [1.165, 1.54) is 16.8 Å². The number of hydrogen-bond donors (Lipinski definition) is 0. The standard InChI is InChI=1S/C19H15FN4O/c20-14-9-5-12(6-10-14)11-23-19(25)24-17(13-7-8-13)21-16-4-2-1-3-15(16)18(24)22-23/h1-6,9-10,13H,7-8,11H2. The lowest BCUT2D eigenvalue weighted by Crippen LogP contribution is -2.23. The van der Waals surface area contributed by atoms with Gasteiger partial charge in [-0.05, 0) is 42.7 Å². The average Bonchev–Trinajstić information content (AvgIpc) is 3.42. The molecule has 0 bridgehead atoms. The van der Waals surface area contributed by atoms with E-state index in [1.54, 1.807) is 16.5 Å². The predicted molar refractivity (Wildman–Crippen MR) is 92.2 cm³/mol. The monoisotopic (exact) mass is 334 g/mol. The summed E-state index contributed by atoms with van der Waals surface area (Å²) in [5, 5.41) is 5.43. The zero-order valence-corrected chi connectivity index (χ0v) is 13.4. The van der Waals surface area contributed by atoms with Crippen molar-refractivity contribution >= 4 is 16.6 Å². The van der Waals surface area contributed by atoms with Crippen LogP contribution in [0.15, 0.2) is 53.3 Å². The minimum atomic E-state index is -0.294. The fourth-order valence-corrected chi connectivity index (χ4v) is 3.20. The Morgan fingerprint density at radius 2 is 1.84 bits per heavy atom. The molecule has 1 aliphatic carbocycles. The highest BCUT2D eigenvalue weighted by atomic mass is 19.1. The number of benzene rings is 2. The summed E-state index contributed by atoms with van der Waals surface area (Å²) in [7, 11) is 0. The molecule has 2 heterocycles. The van der Waals surface area contributed by atoms with Gasteiger partial charge in [-0.2, -0.15) is 0 Å². The SMILES string of the molecule is O=c1n(Cc2ccc(F)cc2)nc2c3ccccc3nc(C3CC3)n12. The Bertz CT molecular complexity index is 1160. The molecule has 6 heteroatoms. The summed E-state index contributed by atoms with van der Waals surface area (Å²) in [5.74, 6) is 0.828. The van der Waals surface area contributed by atoms with Crippen LogP contribution >= 0.6 is 0 Å². The zero-order chi connectivity index (χ0) is 17.0. The van der Waals surface area contributed by atoms with Gasteiger partial charge in [-0.3, -0.25) is 0 Å². The Morgan fingerprint density at radius 1 is 1.08 bits per heavy atom. The second-order valence-electron chi connectivity index (χ2n) is 6.49. The van der Waals surface area contributed by atoms with E-state index in [1.807, 2.05) is 24.3 Å². The zero-order valence-electron chi connectivity index (χ0n) is 13.4. The number of hydrogen-bond acceptors (Lipinski definition) is 3. The van der Waals surface area contributed by atoms with Crippen molar-refractivity contribution in [2.45, 2.75) is 25.3 Å². The highest BCUT2D eigenvalue weighted by Gasteiger charge is 2.30. The van der Waals surface area contributed by atoms with Gasteiger partial charge in [-0.1, -0.05) is 24.3 Å². The average molecular weight is 334 g/mol. The molecule has 0 N–H and O–H groups in total. The predicted octanol–water partition coefficient (Wildman–Crippen LogP) is 3.11. The lowest BCUT2D eigenvalue weighted by atomic mass is 10.2. The highest BCUT2D eigenvalue weighted by molar-refractivity contribution is 5.91. The molecule has 0 aliphatic heterocycles. The van der Waals surface area contributed by atoms with Crippen molar-refractivity contribution in [2.24, 2.45) is 0 Å². The van der Waals surface area contributed by atoms with Gasteiger partial charge < -0.3 is 0 Å². The summed E-state index contributed by atoms with van der Waals surface area (Å²) in [6, 6.07) is 13.9. The van der Waals surface area contributed by atoms with E-state index in [0.29, 0.717) is 18.1 Å². The summed E-state index contributed by atoms with van der Waals surface area (Å²) in [4.78, 5) is 17.7. The van der Waals surface area contributed by atoms with Gasteiger partial charge in [0.15, 0.2) is 5.65 Å². The van der Waals surface area contributed by atoms with Crippen molar-refractivity contribution in [1.29, 1.82) is 0 Å². The van der Waals surface area contributed by atoms with Gasteiger partial charge in [-0.15, -0.1) is 5.10 Å². The Hall–Kier alpha value is -3.02. The third-order valence-electron chi connectivity index (χ3n) is 4.64. The molecule has 4 aromatic rings. The van der Waals surface area contributed by atoms with Crippen molar-refractivity contribution in [3.05, 3.63) is 76.2 Å². The Balaban J connectivity index is 1.74. The molecule has 25 heavy (non-hydrogen) atoms. The Morgan fingerprint density at radius 3 is 2.60 bits per heavy atom. The lowest BCUT2D eigenvalue weighted by molar-refractivity contribution is 0.622. The van der Waals surface area contributed by atoms with Crippen molar-refractivity contribution < 1.29 is 4.39 Å². The van der Waals surface area contributed by atoms with Crippen LogP contribution in [0.4, 0.5) is 4.39 Å². The van der Waals surface area contributed by atoms with E-state index in [2.05, 4.69) is 5.10 Å². The molecule has 2 aromatic carbocycles. The number of aromatic nitrogens is 4. The number of fused-ring (bicyclic) bond motifs is 3. The number of para-hydroxylation sites is 1. The van der Waals surface area contributed by atoms with Crippen LogP contribution in [-0.4, -0.2) is 19.2 Å². The van der Waals surface area contributed by atoms with Crippen LogP contribution in [0.25, 0.3) is 16.6 Å². The molecule has 5 rings (SSSR count). The molecule has 0 spiro atoms. The van der Waals surface area contributed by atoms with Gasteiger partial charge in [0.25, 0.3) is 0 Å². The molecule has 0 amide bonds. The maximum Gasteiger partial charge on any atom is 0.352 e. The minimum Gasteiger partial charge on any atom is -0.245 e. The number of rotatable bonds is 3. The third kappa shape index (κ3) is 2.33. The van der Waals surface area contributed by atoms with Crippen molar-refractivity contribution in [3.63, 3.8) is 0 Å². The number of halogens is 1. The van der Waals surface area contributed by atoms with Gasteiger partial charge in [-0.25, -0.2) is 23.3 Å². The molecule has 0 radical (unpaired) electrons. The Labute approximate surface area is 142 Å². The molecular formula is C19H15FN4O. The van der Waals surface area contributed by atoms with Crippen molar-refractivity contribution in [3.8, 4) is 0 Å². The van der Waals surface area contributed by atoms with Crippen LogP contribution in [0.1, 0.15) is 30.1 Å². The van der Waals surface area contributed by atoms with Gasteiger partial charge in [0.1, 0.15) is 11.6 Å². The molecule has 0 saturated heterocycles. The smallest absolute Gasteiger partial charge is 0.245 e. The second-order valence-corrected chi connectivity index (χ2v) is 6.49. The summed E-state index contributed by atoms with van der Waals surface area (Å²) in [6.45, 7) is 0.305. The first-order valence-corrected chi connectivity index (χ1v) is 8.33. The van der Waals surface area contributed by atoms with Crippen LogP contribution in [-0.2, 0) is 6.54 Å². The van der Waals surface area contributed by atoms with Crippen molar-refractivity contribution in [1.82, 2.24) is 19.2 Å². The fraction of sp³-hybridized carbons (Fsp3) is 0.211. The maximum absolute atomic E-state index is 13.1. The first kappa shape index (κ1) is 14.3. The van der Waals surface area contributed by atoms with E-state index in [0.717, 1.165) is 35.1 Å². The van der Waals surface area contributed by atoms with Gasteiger partial charge in [0, 0.05) is 11.3 Å². The summed E-state index contributed by atoms with van der Waals surface area (Å²) < 4.78 is 16.2. The molecule has 1 aliphatic rings. The van der Waals surface area contributed by atoms with Crippen LogP contribution in [0.2, 0.25) is 0 Å². The first-order valence-electron chi connectivity index (χ1n) is 8.33.